The minimum Gasteiger partial charge on any atom is -0.491 e. The van der Waals surface area contributed by atoms with Gasteiger partial charge in [0.05, 0.1) is 12.6 Å². The summed E-state index contributed by atoms with van der Waals surface area (Å²) < 4.78 is 11.5. The van der Waals surface area contributed by atoms with Crippen LogP contribution in [0.3, 0.4) is 0 Å². The van der Waals surface area contributed by atoms with Gasteiger partial charge in [-0.2, -0.15) is 0 Å². The second-order valence-corrected chi connectivity index (χ2v) is 12.4. The summed E-state index contributed by atoms with van der Waals surface area (Å²) in [5, 5.41) is 9.97. The smallest absolute Gasteiger partial charge is 0.326 e. The fourth-order valence-corrected chi connectivity index (χ4v) is 6.31. The molecule has 1 fully saturated rings. The molecule has 3 N–H and O–H groups in total. The summed E-state index contributed by atoms with van der Waals surface area (Å²) in [6, 6.07) is 44.8. The number of hydrogen-bond acceptors (Lipinski definition) is 8. The van der Waals surface area contributed by atoms with E-state index in [-0.39, 0.29) is 12.6 Å². The van der Waals surface area contributed by atoms with Crippen molar-refractivity contribution in [3.63, 3.8) is 0 Å². The third kappa shape index (κ3) is 6.66. The van der Waals surface area contributed by atoms with Crippen LogP contribution in [-0.2, 0) is 15.1 Å². The van der Waals surface area contributed by atoms with E-state index in [1.807, 2.05) is 103 Å². The van der Waals surface area contributed by atoms with E-state index in [0.717, 1.165) is 40.7 Å². The molecule has 0 spiro atoms. The number of rotatable bonds is 14. The maximum Gasteiger partial charge on any atom is 0.326 e. The summed E-state index contributed by atoms with van der Waals surface area (Å²) in [4.78, 5) is 37.8. The van der Waals surface area contributed by atoms with Gasteiger partial charge in [-0.25, -0.2) is 0 Å². The lowest BCUT2D eigenvalue weighted by Gasteiger charge is -2.39. The lowest BCUT2D eigenvalue weighted by atomic mass is 9.76. The molecule has 1 aliphatic carbocycles. The molecule has 0 saturated heterocycles. The Kier molecular flexibility index (Phi) is 9.27. The van der Waals surface area contributed by atoms with Crippen molar-refractivity contribution in [1.82, 2.24) is 5.32 Å². The van der Waals surface area contributed by atoms with Crippen LogP contribution in [0.4, 0.5) is 17.1 Å². The largest absolute Gasteiger partial charge is 0.491 e. The van der Waals surface area contributed by atoms with Crippen LogP contribution in [0.25, 0.3) is 11.1 Å². The predicted molar refractivity (Wildman–Crippen MR) is 197 cm³/mol. The molecule has 0 radical (unpaired) electrons. The Morgan fingerprint density at radius 2 is 1.26 bits per heavy atom. The molecular weight excluding hydrogens is 626 g/mol. The molecule has 0 amide bonds. The molecule has 6 aromatic rings. The molecule has 1 aliphatic rings. The SMILES string of the molecule is COC(=O)C(COc1ccc(-c2cccc(Nc3c(NC4CC4)c(=O)c3=O)c2)cc1)NC(c1ccccc1)(c1ccccc1)c1ccccc1. The van der Waals surface area contributed by atoms with Crippen molar-refractivity contribution >= 4 is 23.0 Å². The zero-order chi connectivity index (χ0) is 34.5. The molecule has 1 unspecified atom stereocenters. The van der Waals surface area contributed by atoms with E-state index in [1.54, 1.807) is 0 Å². The van der Waals surface area contributed by atoms with Crippen LogP contribution in [0, 0.1) is 0 Å². The molecule has 250 valence electrons. The Morgan fingerprint density at radius 3 is 1.80 bits per heavy atom. The van der Waals surface area contributed by atoms with Gasteiger partial charge in [0.2, 0.25) is 0 Å². The first-order chi connectivity index (χ1) is 24.5. The number of carbonyl (C=O) groups is 1. The molecular formula is C42H37N3O5. The lowest BCUT2D eigenvalue weighted by Crippen LogP contribution is -2.55. The van der Waals surface area contributed by atoms with Crippen molar-refractivity contribution in [2.75, 3.05) is 24.4 Å². The first-order valence-corrected chi connectivity index (χ1v) is 16.7. The number of methoxy groups -OCH3 is 1. The quantitative estimate of drug-likeness (QED) is 0.0667. The summed E-state index contributed by atoms with van der Waals surface area (Å²) >= 11 is 0. The molecule has 0 bridgehead atoms. The molecule has 8 nitrogen and oxygen atoms in total. The van der Waals surface area contributed by atoms with E-state index < -0.39 is 28.4 Å². The van der Waals surface area contributed by atoms with Gasteiger partial charge in [0.25, 0.3) is 10.9 Å². The van der Waals surface area contributed by atoms with E-state index in [2.05, 4.69) is 52.3 Å². The van der Waals surface area contributed by atoms with Crippen molar-refractivity contribution in [2.45, 2.75) is 30.5 Å². The van der Waals surface area contributed by atoms with Crippen molar-refractivity contribution in [3.8, 4) is 16.9 Å². The van der Waals surface area contributed by atoms with E-state index >= 15 is 0 Å². The van der Waals surface area contributed by atoms with E-state index in [0.29, 0.717) is 22.8 Å². The van der Waals surface area contributed by atoms with Gasteiger partial charge < -0.3 is 20.1 Å². The summed E-state index contributed by atoms with van der Waals surface area (Å²) in [7, 11) is 1.38. The number of anilines is 3. The van der Waals surface area contributed by atoms with Crippen molar-refractivity contribution in [2.24, 2.45) is 0 Å². The normalized spacial score (nSPS) is 13.4. The molecule has 8 heteroatoms. The zero-order valence-electron chi connectivity index (χ0n) is 27.6. The maximum absolute atomic E-state index is 13.4. The Balaban J connectivity index is 1.11. The van der Waals surface area contributed by atoms with Crippen molar-refractivity contribution in [1.29, 1.82) is 0 Å². The number of ether oxygens (including phenoxy) is 2. The van der Waals surface area contributed by atoms with Crippen LogP contribution in [0.5, 0.6) is 5.75 Å². The highest BCUT2D eigenvalue weighted by Crippen LogP contribution is 2.37. The van der Waals surface area contributed by atoms with Gasteiger partial charge in [0.1, 0.15) is 29.8 Å². The second kappa shape index (κ2) is 14.2. The Bertz CT molecular complexity index is 2040. The maximum atomic E-state index is 13.4. The van der Waals surface area contributed by atoms with Gasteiger partial charge in [-0.3, -0.25) is 19.7 Å². The van der Waals surface area contributed by atoms with Crippen molar-refractivity contribution < 1.29 is 14.3 Å². The fraction of sp³-hybridized carbons (Fsp3) is 0.167. The minimum atomic E-state index is -0.892. The van der Waals surface area contributed by atoms with Gasteiger partial charge in [0, 0.05) is 11.7 Å². The van der Waals surface area contributed by atoms with Crippen LogP contribution >= 0.6 is 0 Å². The second-order valence-electron chi connectivity index (χ2n) is 12.4. The lowest BCUT2D eigenvalue weighted by molar-refractivity contribution is -0.144. The summed E-state index contributed by atoms with van der Waals surface area (Å²) in [5.41, 5.74) is 4.27. The van der Waals surface area contributed by atoms with Gasteiger partial charge >= 0.3 is 5.97 Å². The van der Waals surface area contributed by atoms with E-state index in [9.17, 15) is 14.4 Å². The van der Waals surface area contributed by atoms with E-state index in [1.165, 1.54) is 7.11 Å². The van der Waals surface area contributed by atoms with Crippen LogP contribution in [0.2, 0.25) is 0 Å². The van der Waals surface area contributed by atoms with Gasteiger partial charge in [-0.05, 0) is 64.9 Å². The summed E-state index contributed by atoms with van der Waals surface area (Å²) in [6.45, 7) is 0.0127. The Labute approximate surface area is 290 Å². The molecule has 7 rings (SSSR count). The average molecular weight is 664 g/mol. The van der Waals surface area contributed by atoms with Crippen LogP contribution in [0.1, 0.15) is 29.5 Å². The highest BCUT2D eigenvalue weighted by Gasteiger charge is 2.40. The number of esters is 1. The van der Waals surface area contributed by atoms with E-state index in [4.69, 9.17) is 9.47 Å². The average Bonchev–Trinajstić information content (AvgIpc) is 4.02. The Hall–Kier alpha value is -5.99. The number of carbonyl (C=O) groups excluding carboxylic acids is 1. The summed E-state index contributed by atoms with van der Waals surface area (Å²) in [6.07, 6.45) is 2.01. The minimum absolute atomic E-state index is 0.0127. The van der Waals surface area contributed by atoms with Crippen LogP contribution < -0.4 is 31.5 Å². The first-order valence-electron chi connectivity index (χ1n) is 16.7. The Morgan fingerprint density at radius 1 is 0.700 bits per heavy atom. The molecule has 1 saturated carbocycles. The fourth-order valence-electron chi connectivity index (χ4n) is 6.31. The number of nitrogens with one attached hydrogen (secondary N) is 3. The molecule has 0 heterocycles. The number of benzene rings is 5. The van der Waals surface area contributed by atoms with Crippen LogP contribution in [0.15, 0.2) is 149 Å². The molecule has 0 aromatic heterocycles. The molecule has 1 atom stereocenters. The monoisotopic (exact) mass is 663 g/mol. The van der Waals surface area contributed by atoms with Gasteiger partial charge in [0.15, 0.2) is 0 Å². The standard InChI is InChI=1S/C42H37N3O5/c1-49-41(48)36(45-42(30-13-5-2-6-14-30,31-15-7-3-8-16-31)32-17-9-4-10-18-32)27-50-35-24-20-28(21-25-35)29-12-11-19-34(26-29)44-38-37(39(46)40(38)47)43-33-22-23-33/h2-21,24-26,33,36,43-45H,22-23,27H2,1H3. The summed E-state index contributed by atoms with van der Waals surface area (Å²) in [5.74, 6) is 0.137. The third-order valence-corrected chi connectivity index (χ3v) is 9.07. The highest BCUT2D eigenvalue weighted by molar-refractivity contribution is 5.81. The third-order valence-electron chi connectivity index (χ3n) is 9.07. The predicted octanol–water partition coefficient (Wildman–Crippen LogP) is 6.77. The highest BCUT2D eigenvalue weighted by atomic mass is 16.5. The molecule has 50 heavy (non-hydrogen) atoms. The molecule has 6 aromatic carbocycles. The number of hydrogen-bond donors (Lipinski definition) is 3. The zero-order valence-corrected chi connectivity index (χ0v) is 27.6. The van der Waals surface area contributed by atoms with Gasteiger partial charge in [-0.15, -0.1) is 0 Å². The molecule has 0 aliphatic heterocycles. The topological polar surface area (TPSA) is 106 Å². The van der Waals surface area contributed by atoms with Crippen molar-refractivity contribution in [3.05, 3.63) is 177 Å². The first kappa shape index (κ1) is 32.6. The van der Waals surface area contributed by atoms with Gasteiger partial charge in [-0.1, -0.05) is 115 Å². The van der Waals surface area contributed by atoms with Crippen LogP contribution in [-0.4, -0.2) is 31.8 Å².